The first-order valence-corrected chi connectivity index (χ1v) is 11.5. The van der Waals surface area contributed by atoms with Gasteiger partial charge in [0, 0.05) is 62.2 Å². The van der Waals surface area contributed by atoms with Crippen molar-refractivity contribution in [3.8, 4) is 5.75 Å². The number of allylic oxidation sites excluding steroid dienone is 1. The molecule has 3 heterocycles. The Bertz CT molecular complexity index is 1400. The van der Waals surface area contributed by atoms with Crippen LogP contribution in [-0.2, 0) is 17.9 Å². The number of aromatic nitrogens is 1. The molecule has 0 bridgehead atoms. The Kier molecular flexibility index (Phi) is 6.92. The van der Waals surface area contributed by atoms with E-state index in [0.29, 0.717) is 31.0 Å². The van der Waals surface area contributed by atoms with Crippen LogP contribution in [0.1, 0.15) is 52.6 Å². The Morgan fingerprint density at radius 1 is 1.35 bits per heavy atom. The molecule has 0 saturated heterocycles. The van der Waals surface area contributed by atoms with Crippen molar-refractivity contribution in [2.45, 2.75) is 44.9 Å². The van der Waals surface area contributed by atoms with Crippen molar-refractivity contribution >= 4 is 23.7 Å². The maximum absolute atomic E-state index is 13.8. The number of benzene rings is 1. The van der Waals surface area contributed by atoms with Crippen LogP contribution in [0.3, 0.4) is 0 Å². The van der Waals surface area contributed by atoms with Gasteiger partial charge in [0.1, 0.15) is 17.2 Å². The Balaban J connectivity index is 1.48. The molecule has 0 radical (unpaired) electrons. The van der Waals surface area contributed by atoms with E-state index < -0.39 is 45.8 Å². The highest BCUT2D eigenvalue weighted by molar-refractivity contribution is 5.99. The largest absolute Gasteiger partial charge is 0.503 e. The number of hydrogen-bond donors (Lipinski definition) is 3. The molecule has 0 aliphatic carbocycles. The number of pyridine rings is 1. The fraction of sp³-hybridized carbons (Fsp3) is 0.320. The Labute approximate surface area is 210 Å². The molecule has 194 valence electrons. The quantitative estimate of drug-likeness (QED) is 0.466. The summed E-state index contributed by atoms with van der Waals surface area (Å²) >= 11 is 0. The molecule has 10 nitrogen and oxygen atoms in total. The number of oxime groups is 1. The third kappa shape index (κ3) is 4.99. The van der Waals surface area contributed by atoms with E-state index in [1.54, 1.807) is 6.92 Å². The molecule has 0 unspecified atom stereocenters. The van der Waals surface area contributed by atoms with E-state index in [0.717, 1.165) is 11.8 Å². The molecule has 3 N–H and O–H groups in total. The van der Waals surface area contributed by atoms with Crippen molar-refractivity contribution in [2.75, 3.05) is 6.54 Å². The molecule has 2 amide bonds. The summed E-state index contributed by atoms with van der Waals surface area (Å²) in [7, 11) is 0. The first-order chi connectivity index (χ1) is 17.5. The van der Waals surface area contributed by atoms with Gasteiger partial charge in [-0.2, -0.15) is 0 Å². The van der Waals surface area contributed by atoms with E-state index in [2.05, 4.69) is 17.1 Å². The highest BCUT2D eigenvalue weighted by atomic mass is 19.1. The minimum absolute atomic E-state index is 0.0101. The lowest BCUT2D eigenvalue weighted by atomic mass is 9.92. The predicted octanol–water partition coefficient (Wildman–Crippen LogP) is 2.70. The minimum atomic E-state index is -1.06. The minimum Gasteiger partial charge on any atom is -0.503 e. The Morgan fingerprint density at radius 2 is 2.11 bits per heavy atom. The van der Waals surface area contributed by atoms with Gasteiger partial charge in [0.25, 0.3) is 11.8 Å². The standard InChI is InChI=1S/C25H25F2N5O5/c1-14-10-25(13-28,37-30-14)6-5-15(2)32-8-7-31-12-18(21(33)22(34)20(31)24(32)36)23(35)29-11-16-3-4-17(26)9-19(16)27/h3-4,9,12-13,28,34H,2,5-8,10-11H2,1H3,(H,29,35)/t25-/m1/s1. The van der Waals surface area contributed by atoms with Crippen LogP contribution in [0.2, 0.25) is 0 Å². The van der Waals surface area contributed by atoms with Gasteiger partial charge in [0.15, 0.2) is 17.0 Å². The Hall–Kier alpha value is -4.35. The number of rotatable bonds is 8. The normalized spacial score (nSPS) is 18.6. The van der Waals surface area contributed by atoms with E-state index in [1.807, 2.05) is 0 Å². The maximum Gasteiger partial charge on any atom is 0.278 e. The highest BCUT2D eigenvalue weighted by Gasteiger charge is 2.37. The number of carbonyl (C=O) groups excluding carboxylic acids is 2. The molecular weight excluding hydrogens is 488 g/mol. The van der Waals surface area contributed by atoms with E-state index >= 15 is 0 Å². The van der Waals surface area contributed by atoms with Gasteiger partial charge in [0.2, 0.25) is 5.43 Å². The zero-order chi connectivity index (χ0) is 26.9. The van der Waals surface area contributed by atoms with Crippen molar-refractivity contribution in [1.29, 1.82) is 5.41 Å². The fourth-order valence-electron chi connectivity index (χ4n) is 4.33. The van der Waals surface area contributed by atoms with E-state index in [9.17, 15) is 28.3 Å². The molecule has 12 heteroatoms. The number of halogens is 2. The lowest BCUT2D eigenvalue weighted by molar-refractivity contribution is 0.0326. The molecular formula is C25H25F2N5O5. The lowest BCUT2D eigenvalue weighted by Crippen LogP contribution is -2.42. The van der Waals surface area contributed by atoms with Crippen LogP contribution in [0.5, 0.6) is 5.75 Å². The summed E-state index contributed by atoms with van der Waals surface area (Å²) in [6.45, 7) is 5.77. The van der Waals surface area contributed by atoms with Crippen LogP contribution in [0.25, 0.3) is 0 Å². The molecule has 37 heavy (non-hydrogen) atoms. The summed E-state index contributed by atoms with van der Waals surface area (Å²) in [4.78, 5) is 45.3. The molecule has 0 saturated carbocycles. The van der Waals surface area contributed by atoms with Gasteiger partial charge >= 0.3 is 0 Å². The summed E-state index contributed by atoms with van der Waals surface area (Å²) in [6, 6.07) is 2.88. The summed E-state index contributed by atoms with van der Waals surface area (Å²) in [5.41, 5.74) is -1.48. The molecule has 0 fully saturated rings. The van der Waals surface area contributed by atoms with Crippen LogP contribution in [0.15, 0.2) is 46.6 Å². The summed E-state index contributed by atoms with van der Waals surface area (Å²) in [5.74, 6) is -4.05. The molecule has 2 aromatic rings. The fourth-order valence-corrected chi connectivity index (χ4v) is 4.33. The molecule has 2 aliphatic heterocycles. The Morgan fingerprint density at radius 3 is 2.76 bits per heavy atom. The second-order valence-electron chi connectivity index (χ2n) is 9.01. The third-order valence-corrected chi connectivity index (χ3v) is 6.39. The van der Waals surface area contributed by atoms with Gasteiger partial charge < -0.3 is 30.1 Å². The van der Waals surface area contributed by atoms with Crippen molar-refractivity contribution in [1.82, 2.24) is 14.8 Å². The second kappa shape index (κ2) is 9.96. The lowest BCUT2D eigenvalue weighted by Gasteiger charge is -2.32. The highest BCUT2D eigenvalue weighted by Crippen LogP contribution is 2.30. The smallest absolute Gasteiger partial charge is 0.278 e. The molecule has 0 spiro atoms. The van der Waals surface area contributed by atoms with Gasteiger partial charge in [0.05, 0.1) is 5.71 Å². The number of hydrogen-bond acceptors (Lipinski definition) is 7. The van der Waals surface area contributed by atoms with E-state index in [-0.39, 0.29) is 30.9 Å². The van der Waals surface area contributed by atoms with Gasteiger partial charge in [-0.05, 0) is 19.4 Å². The second-order valence-corrected chi connectivity index (χ2v) is 9.01. The predicted molar refractivity (Wildman–Crippen MR) is 130 cm³/mol. The van der Waals surface area contributed by atoms with E-state index in [1.165, 1.54) is 27.9 Å². The molecule has 1 atom stereocenters. The number of aromatic hydroxyl groups is 1. The first-order valence-electron chi connectivity index (χ1n) is 11.5. The summed E-state index contributed by atoms with van der Waals surface area (Å²) in [6.07, 6.45) is 3.45. The maximum atomic E-state index is 13.8. The van der Waals surface area contributed by atoms with E-state index in [4.69, 9.17) is 10.2 Å². The van der Waals surface area contributed by atoms with Crippen molar-refractivity contribution in [2.24, 2.45) is 5.16 Å². The number of carbonyl (C=O) groups is 2. The van der Waals surface area contributed by atoms with Crippen LogP contribution >= 0.6 is 0 Å². The number of amides is 2. The molecule has 1 aromatic heterocycles. The number of fused-ring (bicyclic) bond motifs is 1. The van der Waals surface area contributed by atoms with Gasteiger partial charge in [-0.25, -0.2) is 8.78 Å². The SMILES string of the molecule is C=C(CC[C@]1(C=N)CC(C)=NO1)N1CCn2cc(C(=O)NCc3ccc(F)cc3F)c(=O)c(O)c2C1=O. The van der Waals surface area contributed by atoms with Crippen LogP contribution in [0, 0.1) is 17.0 Å². The molecule has 1 aromatic carbocycles. The average Bonchev–Trinajstić information content (AvgIpc) is 3.25. The van der Waals surface area contributed by atoms with Crippen molar-refractivity contribution < 1.29 is 28.3 Å². The van der Waals surface area contributed by atoms with Crippen LogP contribution in [0.4, 0.5) is 8.78 Å². The van der Waals surface area contributed by atoms with Crippen LogP contribution < -0.4 is 10.7 Å². The van der Waals surface area contributed by atoms with Crippen molar-refractivity contribution in [3.63, 3.8) is 0 Å². The first kappa shape index (κ1) is 25.7. The van der Waals surface area contributed by atoms with Gasteiger partial charge in [-0.15, -0.1) is 0 Å². The summed E-state index contributed by atoms with van der Waals surface area (Å²) in [5, 5.41) is 24.5. The number of nitrogens with one attached hydrogen (secondary N) is 2. The zero-order valence-corrected chi connectivity index (χ0v) is 20.0. The number of nitrogens with zero attached hydrogens (tertiary/aromatic N) is 3. The average molecular weight is 514 g/mol. The molecule has 2 aliphatic rings. The van der Waals surface area contributed by atoms with Crippen molar-refractivity contribution in [3.05, 3.63) is 75.4 Å². The summed E-state index contributed by atoms with van der Waals surface area (Å²) < 4.78 is 28.2. The molecule has 4 rings (SSSR count). The third-order valence-electron chi connectivity index (χ3n) is 6.39. The monoisotopic (exact) mass is 513 g/mol. The van der Waals surface area contributed by atoms with Gasteiger partial charge in [-0.3, -0.25) is 14.4 Å². The zero-order valence-electron chi connectivity index (χ0n) is 20.0. The van der Waals surface area contributed by atoms with Gasteiger partial charge in [-0.1, -0.05) is 17.8 Å². The van der Waals surface area contributed by atoms with Crippen LogP contribution in [-0.4, -0.2) is 50.5 Å². The topological polar surface area (TPSA) is 137 Å².